The first-order valence-corrected chi connectivity index (χ1v) is 8.57. The summed E-state index contributed by atoms with van der Waals surface area (Å²) in [4.78, 5) is 24.9. The minimum atomic E-state index is -0.827. The molecule has 138 valence electrons. The zero-order valence-corrected chi connectivity index (χ0v) is 16.0. The minimum absolute atomic E-state index is 0.0232. The van der Waals surface area contributed by atoms with Crippen molar-refractivity contribution in [2.24, 2.45) is 0 Å². The lowest BCUT2D eigenvalue weighted by Crippen LogP contribution is -2.15. The molecule has 8 heteroatoms. The molecule has 0 amide bonds. The van der Waals surface area contributed by atoms with Crippen LogP contribution < -0.4 is 0 Å². The van der Waals surface area contributed by atoms with Crippen LogP contribution in [0.15, 0.2) is 53.0 Å². The average molecular weight is 433 g/mol. The van der Waals surface area contributed by atoms with E-state index in [-0.39, 0.29) is 22.5 Å². The highest BCUT2D eigenvalue weighted by Gasteiger charge is 2.32. The van der Waals surface area contributed by atoms with Gasteiger partial charge in [-0.2, -0.15) is 5.10 Å². The summed E-state index contributed by atoms with van der Waals surface area (Å²) in [5.41, 5.74) is 0.203. The largest absolute Gasteiger partial charge is 0.465 e. The zero-order valence-electron chi connectivity index (χ0n) is 14.4. The van der Waals surface area contributed by atoms with Gasteiger partial charge in [-0.3, -0.25) is 0 Å². The Morgan fingerprint density at radius 2 is 1.70 bits per heavy atom. The number of carbonyl (C=O) groups is 2. The third kappa shape index (κ3) is 3.48. The number of halogens is 2. The normalized spacial score (nSPS) is 10.5. The van der Waals surface area contributed by atoms with E-state index in [0.29, 0.717) is 10.2 Å². The van der Waals surface area contributed by atoms with Crippen molar-refractivity contribution in [3.8, 4) is 16.9 Å². The van der Waals surface area contributed by atoms with Gasteiger partial charge in [0.1, 0.15) is 17.1 Å². The number of nitrogens with zero attached hydrogens (tertiary/aromatic N) is 2. The Kier molecular flexibility index (Phi) is 5.36. The Hall–Kier alpha value is -3.00. The van der Waals surface area contributed by atoms with Crippen molar-refractivity contribution in [2.45, 2.75) is 0 Å². The summed E-state index contributed by atoms with van der Waals surface area (Å²) >= 11 is 3.28. The third-order valence-corrected chi connectivity index (χ3v) is 4.33. The van der Waals surface area contributed by atoms with Crippen LogP contribution in [0.2, 0.25) is 0 Å². The van der Waals surface area contributed by atoms with E-state index in [9.17, 15) is 14.0 Å². The molecule has 3 aromatic rings. The zero-order chi connectivity index (χ0) is 19.6. The predicted molar refractivity (Wildman–Crippen MR) is 99.3 cm³/mol. The van der Waals surface area contributed by atoms with Gasteiger partial charge in [0.15, 0.2) is 5.69 Å². The molecule has 0 saturated heterocycles. The summed E-state index contributed by atoms with van der Waals surface area (Å²) in [6.07, 6.45) is 0. The van der Waals surface area contributed by atoms with E-state index < -0.39 is 17.8 Å². The number of ether oxygens (including phenoxy) is 2. The van der Waals surface area contributed by atoms with Gasteiger partial charge in [0.05, 0.1) is 19.9 Å². The molecule has 1 heterocycles. The predicted octanol–water partition coefficient (Wildman–Crippen LogP) is 4.01. The fourth-order valence-corrected chi connectivity index (χ4v) is 2.98. The molecule has 3 rings (SSSR count). The Labute approximate surface area is 162 Å². The number of para-hydroxylation sites is 1. The van der Waals surface area contributed by atoms with Crippen molar-refractivity contribution in [3.05, 3.63) is 70.1 Å². The molecule has 0 saturated carbocycles. The second-order valence-corrected chi connectivity index (χ2v) is 6.34. The Bertz CT molecular complexity index is 1020. The maximum absolute atomic E-state index is 14.5. The van der Waals surface area contributed by atoms with E-state index in [4.69, 9.17) is 9.47 Å². The van der Waals surface area contributed by atoms with Crippen LogP contribution in [0.25, 0.3) is 16.9 Å². The van der Waals surface area contributed by atoms with Gasteiger partial charge in [-0.15, -0.1) is 0 Å². The van der Waals surface area contributed by atoms with Crippen LogP contribution in [0, 0.1) is 5.82 Å². The van der Waals surface area contributed by atoms with Gasteiger partial charge in [0.25, 0.3) is 0 Å². The molecule has 0 aliphatic rings. The molecule has 0 bridgehead atoms. The molecule has 0 spiro atoms. The second-order valence-electron chi connectivity index (χ2n) is 5.43. The van der Waals surface area contributed by atoms with E-state index in [1.165, 1.54) is 37.1 Å². The Morgan fingerprint density at radius 3 is 2.33 bits per heavy atom. The second kappa shape index (κ2) is 7.71. The average Bonchev–Trinajstić information content (AvgIpc) is 3.09. The summed E-state index contributed by atoms with van der Waals surface area (Å²) in [5.74, 6) is -2.22. The standard InChI is InChI=1S/C19H14BrFN2O4/c1-26-18(24)15-16(13-10-11(20)8-9-14(13)21)22-23(17(15)19(25)27-2)12-6-4-3-5-7-12/h3-10H,1-2H3. The van der Waals surface area contributed by atoms with Gasteiger partial charge in [-0.05, 0) is 30.3 Å². The lowest BCUT2D eigenvalue weighted by molar-refractivity contribution is 0.0549. The highest BCUT2D eigenvalue weighted by Crippen LogP contribution is 2.32. The van der Waals surface area contributed by atoms with Crippen molar-refractivity contribution < 1.29 is 23.5 Å². The molecule has 0 unspecified atom stereocenters. The molecular formula is C19H14BrFN2O4. The topological polar surface area (TPSA) is 70.4 Å². The molecule has 1 aromatic heterocycles. The van der Waals surface area contributed by atoms with Crippen LogP contribution in [0.4, 0.5) is 4.39 Å². The quantitative estimate of drug-likeness (QED) is 0.582. The number of benzene rings is 2. The summed E-state index contributed by atoms with van der Waals surface area (Å²) in [7, 11) is 2.36. The SMILES string of the molecule is COC(=O)c1c(-c2cc(Br)ccc2F)nn(-c2ccccc2)c1C(=O)OC. The maximum atomic E-state index is 14.5. The molecule has 27 heavy (non-hydrogen) atoms. The number of carbonyl (C=O) groups excluding carboxylic acids is 2. The Morgan fingerprint density at radius 1 is 1.04 bits per heavy atom. The number of hydrogen-bond acceptors (Lipinski definition) is 5. The Balaban J connectivity index is 2.40. The van der Waals surface area contributed by atoms with Crippen molar-refractivity contribution >= 4 is 27.9 Å². The first-order valence-electron chi connectivity index (χ1n) is 7.78. The van der Waals surface area contributed by atoms with Gasteiger partial charge >= 0.3 is 11.9 Å². The minimum Gasteiger partial charge on any atom is -0.465 e. The maximum Gasteiger partial charge on any atom is 0.357 e. The summed E-state index contributed by atoms with van der Waals surface area (Å²) in [6, 6.07) is 12.9. The molecule has 0 N–H and O–H groups in total. The molecule has 2 aromatic carbocycles. The number of aromatic nitrogens is 2. The van der Waals surface area contributed by atoms with E-state index >= 15 is 0 Å². The van der Waals surface area contributed by atoms with Gasteiger partial charge < -0.3 is 9.47 Å². The molecule has 6 nitrogen and oxygen atoms in total. The number of methoxy groups -OCH3 is 2. The lowest BCUT2D eigenvalue weighted by Gasteiger charge is -2.07. The van der Waals surface area contributed by atoms with E-state index in [1.54, 1.807) is 30.3 Å². The summed E-state index contributed by atoms with van der Waals surface area (Å²) in [5, 5.41) is 4.34. The van der Waals surface area contributed by atoms with Crippen LogP contribution in [0.5, 0.6) is 0 Å². The first kappa shape index (κ1) is 18.8. The first-order chi connectivity index (χ1) is 13.0. The monoisotopic (exact) mass is 432 g/mol. The van der Waals surface area contributed by atoms with Crippen molar-refractivity contribution in [2.75, 3.05) is 14.2 Å². The van der Waals surface area contributed by atoms with Gasteiger partial charge in [0, 0.05) is 10.0 Å². The van der Waals surface area contributed by atoms with Gasteiger partial charge in [-0.1, -0.05) is 34.1 Å². The number of rotatable bonds is 4. The molecule has 0 aliphatic heterocycles. The van der Waals surface area contributed by atoms with Crippen LogP contribution in [-0.4, -0.2) is 35.9 Å². The molecule has 0 radical (unpaired) electrons. The molecular weight excluding hydrogens is 419 g/mol. The van der Waals surface area contributed by atoms with Gasteiger partial charge in [-0.25, -0.2) is 18.7 Å². The molecule has 0 fully saturated rings. The highest BCUT2D eigenvalue weighted by atomic mass is 79.9. The number of hydrogen-bond donors (Lipinski definition) is 0. The van der Waals surface area contributed by atoms with Crippen LogP contribution in [-0.2, 0) is 9.47 Å². The van der Waals surface area contributed by atoms with E-state index in [0.717, 1.165) is 0 Å². The fourth-order valence-electron chi connectivity index (χ4n) is 2.62. The summed E-state index contributed by atoms with van der Waals surface area (Å²) in [6.45, 7) is 0. The fraction of sp³-hybridized carbons (Fsp3) is 0.105. The smallest absolute Gasteiger partial charge is 0.357 e. The van der Waals surface area contributed by atoms with Crippen LogP contribution in [0.3, 0.4) is 0 Å². The van der Waals surface area contributed by atoms with Crippen LogP contribution >= 0.6 is 15.9 Å². The van der Waals surface area contributed by atoms with Crippen molar-refractivity contribution in [3.63, 3.8) is 0 Å². The van der Waals surface area contributed by atoms with Crippen LogP contribution in [0.1, 0.15) is 20.8 Å². The molecule has 0 aliphatic carbocycles. The third-order valence-electron chi connectivity index (χ3n) is 3.84. The van der Waals surface area contributed by atoms with Gasteiger partial charge in [0.2, 0.25) is 0 Å². The van der Waals surface area contributed by atoms with E-state index in [1.807, 2.05) is 0 Å². The number of esters is 2. The van der Waals surface area contributed by atoms with E-state index in [2.05, 4.69) is 21.0 Å². The lowest BCUT2D eigenvalue weighted by atomic mass is 10.1. The van der Waals surface area contributed by atoms with Crippen molar-refractivity contribution in [1.82, 2.24) is 9.78 Å². The molecule has 0 atom stereocenters. The highest BCUT2D eigenvalue weighted by molar-refractivity contribution is 9.10. The van der Waals surface area contributed by atoms with Crippen molar-refractivity contribution in [1.29, 1.82) is 0 Å². The summed E-state index contributed by atoms with van der Waals surface area (Å²) < 4.78 is 26.0.